The van der Waals surface area contributed by atoms with Crippen LogP contribution in [0.15, 0.2) is 18.2 Å². The summed E-state index contributed by atoms with van der Waals surface area (Å²) in [6.45, 7) is 1.52. The van der Waals surface area contributed by atoms with E-state index in [9.17, 15) is 13.6 Å². The molecule has 0 bridgehead atoms. The Morgan fingerprint density at radius 1 is 1.24 bits per heavy atom. The number of hydrogen-bond acceptors (Lipinski definition) is 4. The number of benzene rings is 1. The summed E-state index contributed by atoms with van der Waals surface area (Å²) in [4.78, 5) is 15.5. The van der Waals surface area contributed by atoms with Crippen molar-refractivity contribution in [3.05, 3.63) is 28.8 Å². The quantitative estimate of drug-likeness (QED) is 0.718. The molecule has 1 amide bonds. The molecule has 1 aromatic carbocycles. The number of nitrogens with zero attached hydrogens (tertiary/aromatic N) is 2. The number of carbonyl (C=O) groups is 1. The van der Waals surface area contributed by atoms with E-state index in [4.69, 9.17) is 21.1 Å². The van der Waals surface area contributed by atoms with Crippen molar-refractivity contribution in [1.29, 1.82) is 0 Å². The molecule has 2 rings (SSSR count). The summed E-state index contributed by atoms with van der Waals surface area (Å²) in [5.74, 6) is 0.744. The lowest BCUT2D eigenvalue weighted by Crippen LogP contribution is -2.49. The Morgan fingerprint density at radius 3 is 2.48 bits per heavy atom. The zero-order valence-corrected chi connectivity index (χ0v) is 14.9. The normalized spacial score (nSPS) is 15.8. The van der Waals surface area contributed by atoms with Crippen LogP contribution in [0.25, 0.3) is 6.08 Å². The number of ether oxygens (including phenoxy) is 2. The molecule has 1 aromatic rings. The third kappa shape index (κ3) is 5.31. The van der Waals surface area contributed by atoms with Crippen LogP contribution in [0.1, 0.15) is 5.56 Å². The molecule has 0 unspecified atom stereocenters. The van der Waals surface area contributed by atoms with Crippen molar-refractivity contribution in [2.45, 2.75) is 6.43 Å². The zero-order valence-electron chi connectivity index (χ0n) is 14.2. The molecule has 0 N–H and O–H groups in total. The Hall–Kier alpha value is -1.86. The van der Waals surface area contributed by atoms with Gasteiger partial charge in [0.15, 0.2) is 11.5 Å². The van der Waals surface area contributed by atoms with Gasteiger partial charge in [0, 0.05) is 32.3 Å². The fourth-order valence-electron chi connectivity index (χ4n) is 2.65. The highest BCUT2D eigenvalue weighted by Crippen LogP contribution is 2.36. The Bertz CT molecular complexity index is 633. The highest BCUT2D eigenvalue weighted by Gasteiger charge is 2.21. The average molecular weight is 375 g/mol. The number of amides is 1. The fourth-order valence-corrected chi connectivity index (χ4v) is 2.95. The first-order chi connectivity index (χ1) is 11.9. The summed E-state index contributed by atoms with van der Waals surface area (Å²) < 4.78 is 35.1. The summed E-state index contributed by atoms with van der Waals surface area (Å²) in [7, 11) is 3.00. The van der Waals surface area contributed by atoms with Crippen LogP contribution in [-0.2, 0) is 4.79 Å². The van der Waals surface area contributed by atoms with E-state index in [1.807, 2.05) is 0 Å². The molecule has 0 saturated carbocycles. The van der Waals surface area contributed by atoms with Gasteiger partial charge in [-0.2, -0.15) is 0 Å². The highest BCUT2D eigenvalue weighted by atomic mass is 35.5. The predicted octanol–water partition coefficient (Wildman–Crippen LogP) is 2.78. The Labute approximate surface area is 150 Å². The van der Waals surface area contributed by atoms with E-state index in [1.165, 1.54) is 20.3 Å². The molecule has 1 fully saturated rings. The van der Waals surface area contributed by atoms with Crippen molar-refractivity contribution >= 4 is 23.6 Å². The Balaban J connectivity index is 1.98. The van der Waals surface area contributed by atoms with Crippen LogP contribution in [0.5, 0.6) is 11.5 Å². The molecule has 1 aliphatic heterocycles. The molecule has 25 heavy (non-hydrogen) atoms. The summed E-state index contributed by atoms with van der Waals surface area (Å²) >= 11 is 6.13. The van der Waals surface area contributed by atoms with Crippen LogP contribution in [0.4, 0.5) is 8.78 Å². The van der Waals surface area contributed by atoms with E-state index in [0.717, 1.165) is 0 Å². The molecule has 8 heteroatoms. The number of piperazine rings is 1. The molecule has 1 saturated heterocycles. The second kappa shape index (κ2) is 9.01. The number of halogens is 3. The van der Waals surface area contributed by atoms with Gasteiger partial charge in [0.05, 0.1) is 25.8 Å². The van der Waals surface area contributed by atoms with Gasteiger partial charge in [-0.3, -0.25) is 9.69 Å². The number of alkyl halides is 2. The van der Waals surface area contributed by atoms with Crippen LogP contribution in [0, 0.1) is 0 Å². The van der Waals surface area contributed by atoms with E-state index in [-0.39, 0.29) is 12.5 Å². The number of rotatable bonds is 6. The fraction of sp³-hybridized carbons (Fsp3) is 0.471. The van der Waals surface area contributed by atoms with E-state index in [2.05, 4.69) is 0 Å². The minimum Gasteiger partial charge on any atom is -0.493 e. The SMILES string of the molecule is COc1cc(/C=C/C(=O)N2CCN(CC(F)F)CC2)cc(Cl)c1OC. The molecule has 5 nitrogen and oxygen atoms in total. The molecule has 1 heterocycles. The van der Waals surface area contributed by atoms with Gasteiger partial charge in [-0.15, -0.1) is 0 Å². The van der Waals surface area contributed by atoms with Crippen molar-refractivity contribution in [3.63, 3.8) is 0 Å². The second-order valence-electron chi connectivity index (χ2n) is 5.59. The Kier molecular flexibility index (Phi) is 7.01. The standard InChI is InChI=1S/C17H21ClF2N2O3/c1-24-14-10-12(9-13(18)17(14)25-2)3-4-16(23)22-7-5-21(6-8-22)11-15(19)20/h3-4,9-10,15H,5-8,11H2,1-2H3/b4-3+. The molecular formula is C17H21ClF2N2O3. The lowest BCUT2D eigenvalue weighted by atomic mass is 10.1. The van der Waals surface area contributed by atoms with Crippen LogP contribution < -0.4 is 9.47 Å². The van der Waals surface area contributed by atoms with Gasteiger partial charge in [-0.25, -0.2) is 8.78 Å². The first-order valence-electron chi connectivity index (χ1n) is 7.83. The lowest BCUT2D eigenvalue weighted by Gasteiger charge is -2.33. The summed E-state index contributed by atoms with van der Waals surface area (Å²) in [5.41, 5.74) is 0.701. The second-order valence-corrected chi connectivity index (χ2v) is 6.00. The van der Waals surface area contributed by atoms with Gasteiger partial charge in [0.2, 0.25) is 5.91 Å². The maximum atomic E-state index is 12.4. The molecule has 0 aromatic heterocycles. The van der Waals surface area contributed by atoms with Gasteiger partial charge >= 0.3 is 0 Å². The van der Waals surface area contributed by atoms with Crippen LogP contribution >= 0.6 is 11.6 Å². The number of carbonyl (C=O) groups excluding carboxylic acids is 1. The molecule has 138 valence electrons. The average Bonchev–Trinajstić information content (AvgIpc) is 2.59. The topological polar surface area (TPSA) is 42.0 Å². The summed E-state index contributed by atoms with van der Waals surface area (Å²) in [6.07, 6.45) is 0.735. The maximum absolute atomic E-state index is 12.4. The van der Waals surface area contributed by atoms with Gasteiger partial charge in [0.1, 0.15) is 0 Å². The molecule has 0 spiro atoms. The highest BCUT2D eigenvalue weighted by molar-refractivity contribution is 6.32. The molecule has 0 atom stereocenters. The Morgan fingerprint density at radius 2 is 1.92 bits per heavy atom. The van der Waals surface area contributed by atoms with Crippen molar-refractivity contribution in [1.82, 2.24) is 9.80 Å². The van der Waals surface area contributed by atoms with Crippen molar-refractivity contribution < 1.29 is 23.0 Å². The van der Waals surface area contributed by atoms with Gasteiger partial charge in [-0.05, 0) is 23.8 Å². The third-order valence-corrected chi connectivity index (χ3v) is 4.24. The largest absolute Gasteiger partial charge is 0.493 e. The molecule has 1 aliphatic rings. The van der Waals surface area contributed by atoms with Crippen molar-refractivity contribution in [2.75, 3.05) is 46.9 Å². The van der Waals surface area contributed by atoms with Crippen molar-refractivity contribution in [3.8, 4) is 11.5 Å². The monoisotopic (exact) mass is 374 g/mol. The smallest absolute Gasteiger partial charge is 0.251 e. The van der Waals surface area contributed by atoms with Crippen LogP contribution in [0.2, 0.25) is 5.02 Å². The van der Waals surface area contributed by atoms with E-state index in [0.29, 0.717) is 48.3 Å². The minimum atomic E-state index is -2.35. The van der Waals surface area contributed by atoms with Crippen LogP contribution in [-0.4, -0.2) is 69.1 Å². The van der Waals surface area contributed by atoms with E-state index >= 15 is 0 Å². The first-order valence-corrected chi connectivity index (χ1v) is 8.21. The maximum Gasteiger partial charge on any atom is 0.251 e. The summed E-state index contributed by atoms with van der Waals surface area (Å²) in [5, 5.41) is 0.384. The van der Waals surface area contributed by atoms with Gasteiger partial charge in [0.25, 0.3) is 6.43 Å². The third-order valence-electron chi connectivity index (χ3n) is 3.95. The van der Waals surface area contributed by atoms with Gasteiger partial charge in [-0.1, -0.05) is 11.6 Å². The number of hydrogen-bond donors (Lipinski definition) is 0. The zero-order chi connectivity index (χ0) is 18.4. The van der Waals surface area contributed by atoms with Crippen molar-refractivity contribution in [2.24, 2.45) is 0 Å². The first kappa shape index (κ1) is 19.5. The lowest BCUT2D eigenvalue weighted by molar-refractivity contribution is -0.127. The molecular weight excluding hydrogens is 354 g/mol. The molecule has 0 aliphatic carbocycles. The van der Waals surface area contributed by atoms with E-state index in [1.54, 1.807) is 28.0 Å². The van der Waals surface area contributed by atoms with E-state index < -0.39 is 6.43 Å². The number of methoxy groups -OCH3 is 2. The predicted molar refractivity (Wildman–Crippen MR) is 92.6 cm³/mol. The van der Waals surface area contributed by atoms with Crippen LogP contribution in [0.3, 0.4) is 0 Å². The summed E-state index contributed by atoms with van der Waals surface area (Å²) in [6, 6.07) is 3.39. The molecule has 0 radical (unpaired) electrons. The minimum absolute atomic E-state index is 0.164. The van der Waals surface area contributed by atoms with Gasteiger partial charge < -0.3 is 14.4 Å².